The van der Waals surface area contributed by atoms with Crippen LogP contribution in [-0.2, 0) is 19.2 Å². The Balaban J connectivity index is 3.85. The number of hydrogen-bond acceptors (Lipinski definition) is 6. The van der Waals surface area contributed by atoms with Crippen molar-refractivity contribution in [1.82, 2.24) is 5.32 Å². The molecule has 0 spiro atoms. The molecular weight excluding hydrogens is 288 g/mol. The molecule has 120 valence electrons. The zero-order chi connectivity index (χ0) is 16.3. The summed E-state index contributed by atoms with van der Waals surface area (Å²) in [7, 11) is 0. The van der Waals surface area contributed by atoms with E-state index < -0.39 is 29.0 Å². The average molecular weight is 306 g/mol. The van der Waals surface area contributed by atoms with Gasteiger partial charge in [0.05, 0.1) is 6.61 Å². The molecule has 0 aromatic heterocycles. The van der Waals surface area contributed by atoms with Crippen LogP contribution in [0.2, 0.25) is 0 Å². The Kier molecular flexibility index (Phi) is 9.22. The van der Waals surface area contributed by atoms with Crippen molar-refractivity contribution in [1.29, 1.82) is 0 Å². The Labute approximate surface area is 120 Å². The van der Waals surface area contributed by atoms with Gasteiger partial charge in [0.25, 0.3) is 5.09 Å². The van der Waals surface area contributed by atoms with Gasteiger partial charge in [0, 0.05) is 12.8 Å². The van der Waals surface area contributed by atoms with Crippen LogP contribution in [0.1, 0.15) is 38.5 Å². The first-order valence-electron chi connectivity index (χ1n) is 6.34. The van der Waals surface area contributed by atoms with Gasteiger partial charge < -0.3 is 20.4 Å². The molecule has 0 bridgehead atoms. The van der Waals surface area contributed by atoms with Crippen LogP contribution in [0.25, 0.3) is 0 Å². The highest BCUT2D eigenvalue weighted by atomic mass is 16.9. The summed E-state index contributed by atoms with van der Waals surface area (Å²) in [4.78, 5) is 46.6. The van der Waals surface area contributed by atoms with Gasteiger partial charge in [0.1, 0.15) is 6.04 Å². The molecule has 0 aliphatic rings. The molecular formula is C11H18N2O8. The van der Waals surface area contributed by atoms with E-state index in [2.05, 4.69) is 10.2 Å². The molecule has 1 unspecified atom stereocenters. The Bertz CT molecular complexity index is 384. The van der Waals surface area contributed by atoms with Crippen LogP contribution in [0, 0.1) is 10.1 Å². The minimum Gasteiger partial charge on any atom is -0.481 e. The first-order chi connectivity index (χ1) is 9.82. The quantitative estimate of drug-likeness (QED) is 0.262. The third kappa shape index (κ3) is 11.2. The lowest BCUT2D eigenvalue weighted by Crippen LogP contribution is -2.41. The first kappa shape index (κ1) is 18.6. The lowest BCUT2D eigenvalue weighted by Gasteiger charge is -2.13. The molecule has 10 nitrogen and oxygen atoms in total. The van der Waals surface area contributed by atoms with Crippen molar-refractivity contribution in [2.24, 2.45) is 0 Å². The molecule has 0 aliphatic heterocycles. The molecule has 10 heteroatoms. The molecule has 0 saturated carbocycles. The fraction of sp³-hybridized carbons (Fsp3) is 0.727. The highest BCUT2D eigenvalue weighted by Crippen LogP contribution is 2.03. The van der Waals surface area contributed by atoms with Gasteiger partial charge in [-0.05, 0) is 19.3 Å². The molecule has 0 heterocycles. The SMILES string of the molecule is O=C(O)CCC(NC(=O)CCCCCO[N+](=O)[O-])C(=O)O. The summed E-state index contributed by atoms with van der Waals surface area (Å²) in [6.45, 7) is -0.0506. The van der Waals surface area contributed by atoms with Crippen LogP contribution in [0.4, 0.5) is 0 Å². The number of carboxylic acids is 2. The van der Waals surface area contributed by atoms with E-state index in [0.717, 1.165) is 0 Å². The molecule has 0 aromatic rings. The number of aliphatic carboxylic acids is 2. The standard InChI is InChI=1S/C11H18N2O8/c14-9(4-2-1-3-7-21-13(19)20)12-8(11(17)18)5-6-10(15)16/h8H,1-7H2,(H,12,14)(H,15,16)(H,17,18). The third-order valence-electron chi connectivity index (χ3n) is 2.53. The predicted molar refractivity (Wildman–Crippen MR) is 67.9 cm³/mol. The molecule has 0 aliphatic carbocycles. The predicted octanol–water partition coefficient (Wildman–Crippen LogP) is 0.189. The number of nitrogens with zero attached hydrogens (tertiary/aromatic N) is 1. The van der Waals surface area contributed by atoms with Crippen LogP contribution in [0.5, 0.6) is 0 Å². The van der Waals surface area contributed by atoms with Crippen molar-refractivity contribution in [3.63, 3.8) is 0 Å². The van der Waals surface area contributed by atoms with E-state index in [1.54, 1.807) is 0 Å². The maximum absolute atomic E-state index is 11.5. The van der Waals surface area contributed by atoms with E-state index in [0.29, 0.717) is 19.3 Å². The van der Waals surface area contributed by atoms with Crippen LogP contribution in [-0.4, -0.2) is 45.8 Å². The minimum absolute atomic E-state index is 0.0506. The summed E-state index contributed by atoms with van der Waals surface area (Å²) in [6.07, 6.45) is 0.889. The van der Waals surface area contributed by atoms with Crippen molar-refractivity contribution in [2.45, 2.75) is 44.6 Å². The van der Waals surface area contributed by atoms with Crippen LogP contribution in [0.3, 0.4) is 0 Å². The Hall–Kier alpha value is -2.39. The molecule has 0 fully saturated rings. The monoisotopic (exact) mass is 306 g/mol. The molecule has 1 atom stereocenters. The second kappa shape index (κ2) is 10.4. The number of carbonyl (C=O) groups excluding carboxylic acids is 1. The van der Waals surface area contributed by atoms with Crippen LogP contribution in [0.15, 0.2) is 0 Å². The van der Waals surface area contributed by atoms with E-state index in [4.69, 9.17) is 10.2 Å². The zero-order valence-electron chi connectivity index (χ0n) is 11.3. The lowest BCUT2D eigenvalue weighted by molar-refractivity contribution is -0.757. The van der Waals surface area contributed by atoms with Gasteiger partial charge in [-0.25, -0.2) is 4.79 Å². The van der Waals surface area contributed by atoms with Gasteiger partial charge in [-0.15, -0.1) is 10.1 Å². The van der Waals surface area contributed by atoms with Crippen molar-refractivity contribution >= 4 is 17.8 Å². The summed E-state index contributed by atoms with van der Waals surface area (Å²) < 4.78 is 0. The number of hydrogen-bond donors (Lipinski definition) is 3. The lowest BCUT2D eigenvalue weighted by atomic mass is 10.1. The fourth-order valence-corrected chi connectivity index (χ4v) is 1.50. The molecule has 1 amide bonds. The number of amides is 1. The number of carbonyl (C=O) groups is 3. The summed E-state index contributed by atoms with van der Waals surface area (Å²) in [6, 6.07) is -1.23. The highest BCUT2D eigenvalue weighted by Gasteiger charge is 2.20. The van der Waals surface area contributed by atoms with Gasteiger partial charge in [-0.1, -0.05) is 6.42 Å². The van der Waals surface area contributed by atoms with E-state index in [-0.39, 0.29) is 25.9 Å². The molecule has 0 aromatic carbocycles. The number of unbranched alkanes of at least 4 members (excludes halogenated alkanes) is 2. The summed E-state index contributed by atoms with van der Waals surface area (Å²) in [5.74, 6) is -2.92. The maximum Gasteiger partial charge on any atom is 0.326 e. The van der Waals surface area contributed by atoms with Crippen molar-refractivity contribution < 1.29 is 34.5 Å². The fourth-order valence-electron chi connectivity index (χ4n) is 1.50. The van der Waals surface area contributed by atoms with Gasteiger partial charge in [0.2, 0.25) is 5.91 Å². The Morgan fingerprint density at radius 1 is 1.14 bits per heavy atom. The molecule has 0 saturated heterocycles. The Morgan fingerprint density at radius 2 is 1.81 bits per heavy atom. The van der Waals surface area contributed by atoms with Crippen molar-refractivity contribution in [3.8, 4) is 0 Å². The van der Waals surface area contributed by atoms with Crippen molar-refractivity contribution in [2.75, 3.05) is 6.61 Å². The number of rotatable bonds is 12. The largest absolute Gasteiger partial charge is 0.481 e. The van der Waals surface area contributed by atoms with E-state index in [1.165, 1.54) is 0 Å². The third-order valence-corrected chi connectivity index (χ3v) is 2.53. The van der Waals surface area contributed by atoms with Gasteiger partial charge in [0.15, 0.2) is 0 Å². The zero-order valence-corrected chi connectivity index (χ0v) is 11.3. The minimum atomic E-state index is -1.29. The van der Waals surface area contributed by atoms with Gasteiger partial charge in [-0.3, -0.25) is 9.59 Å². The molecule has 3 N–H and O–H groups in total. The Morgan fingerprint density at radius 3 is 2.33 bits per heavy atom. The molecule has 0 radical (unpaired) electrons. The maximum atomic E-state index is 11.5. The summed E-state index contributed by atoms with van der Waals surface area (Å²) in [5.41, 5.74) is 0. The number of carboxylic acid groups (broad SMARTS) is 2. The highest BCUT2D eigenvalue weighted by molar-refractivity contribution is 5.83. The first-order valence-corrected chi connectivity index (χ1v) is 6.34. The molecule has 0 rings (SSSR count). The molecule has 21 heavy (non-hydrogen) atoms. The van der Waals surface area contributed by atoms with Gasteiger partial charge >= 0.3 is 11.9 Å². The van der Waals surface area contributed by atoms with E-state index in [1.807, 2.05) is 0 Å². The van der Waals surface area contributed by atoms with Crippen molar-refractivity contribution in [3.05, 3.63) is 10.1 Å². The smallest absolute Gasteiger partial charge is 0.326 e. The average Bonchev–Trinajstić information content (AvgIpc) is 2.37. The second-order valence-electron chi connectivity index (χ2n) is 4.26. The topological polar surface area (TPSA) is 156 Å². The second-order valence-corrected chi connectivity index (χ2v) is 4.26. The van der Waals surface area contributed by atoms with Gasteiger partial charge in [-0.2, -0.15) is 0 Å². The summed E-state index contributed by atoms with van der Waals surface area (Å²) >= 11 is 0. The normalized spacial score (nSPS) is 11.4. The number of nitrogens with one attached hydrogen (secondary N) is 1. The van der Waals surface area contributed by atoms with E-state index in [9.17, 15) is 24.5 Å². The van der Waals surface area contributed by atoms with E-state index >= 15 is 0 Å². The summed E-state index contributed by atoms with van der Waals surface area (Å²) in [5, 5.41) is 28.5. The van der Waals surface area contributed by atoms with Crippen LogP contribution >= 0.6 is 0 Å². The van der Waals surface area contributed by atoms with Crippen LogP contribution < -0.4 is 5.32 Å².